The van der Waals surface area contributed by atoms with Crippen LogP contribution in [0.2, 0.25) is 0 Å². The predicted octanol–water partition coefficient (Wildman–Crippen LogP) is -1.16. The SMILES string of the molecule is COC(=O)C(O)(CC(=O)O)CC(=O)OC(C)=O. The number of carbonyl (C=O) groups excluding carboxylic acids is 3. The van der Waals surface area contributed by atoms with E-state index in [-0.39, 0.29) is 0 Å². The van der Waals surface area contributed by atoms with E-state index in [0.29, 0.717) is 0 Å². The fraction of sp³-hybridized carbons (Fsp3) is 0.556. The van der Waals surface area contributed by atoms with Crippen molar-refractivity contribution in [1.29, 1.82) is 0 Å². The molecule has 2 N–H and O–H groups in total. The Morgan fingerprint density at radius 2 is 1.71 bits per heavy atom. The van der Waals surface area contributed by atoms with Crippen LogP contribution < -0.4 is 0 Å². The minimum Gasteiger partial charge on any atom is -0.481 e. The maximum Gasteiger partial charge on any atom is 0.339 e. The lowest BCUT2D eigenvalue weighted by atomic mass is 9.96. The highest BCUT2D eigenvalue weighted by Crippen LogP contribution is 2.18. The topological polar surface area (TPSA) is 127 Å². The number of esters is 3. The second kappa shape index (κ2) is 5.94. The van der Waals surface area contributed by atoms with Crippen LogP contribution in [0.15, 0.2) is 0 Å². The van der Waals surface area contributed by atoms with Gasteiger partial charge in [0, 0.05) is 6.92 Å². The molecular formula is C9H12O8. The van der Waals surface area contributed by atoms with E-state index < -0.39 is 42.3 Å². The highest BCUT2D eigenvalue weighted by molar-refractivity contribution is 5.92. The third kappa shape index (κ3) is 5.07. The fourth-order valence-electron chi connectivity index (χ4n) is 1.08. The quantitative estimate of drug-likeness (QED) is 0.461. The Bertz CT molecular complexity index is 347. The summed E-state index contributed by atoms with van der Waals surface area (Å²) in [6.45, 7) is 0.951. The number of carbonyl (C=O) groups is 4. The smallest absolute Gasteiger partial charge is 0.339 e. The maximum atomic E-state index is 11.2. The monoisotopic (exact) mass is 248 g/mol. The number of carboxylic acid groups (broad SMARTS) is 1. The molecule has 0 aromatic rings. The molecule has 0 fully saturated rings. The molecule has 0 aromatic heterocycles. The normalized spacial score (nSPS) is 13.4. The summed E-state index contributed by atoms with van der Waals surface area (Å²) in [5.41, 5.74) is -2.55. The van der Waals surface area contributed by atoms with Gasteiger partial charge in [0.25, 0.3) is 0 Å². The highest BCUT2D eigenvalue weighted by Gasteiger charge is 2.42. The average Bonchev–Trinajstić information content (AvgIpc) is 2.13. The zero-order chi connectivity index (χ0) is 13.6. The molecule has 0 aliphatic heterocycles. The first-order valence-corrected chi connectivity index (χ1v) is 4.45. The molecule has 0 amide bonds. The Morgan fingerprint density at radius 3 is 2.06 bits per heavy atom. The molecule has 0 saturated heterocycles. The molecule has 8 nitrogen and oxygen atoms in total. The number of hydrogen-bond acceptors (Lipinski definition) is 7. The minimum atomic E-state index is -2.55. The number of rotatable bonds is 5. The predicted molar refractivity (Wildman–Crippen MR) is 50.6 cm³/mol. The Kier molecular flexibility index (Phi) is 5.26. The van der Waals surface area contributed by atoms with Crippen LogP contribution in [-0.4, -0.2) is 46.8 Å². The van der Waals surface area contributed by atoms with Gasteiger partial charge >= 0.3 is 23.9 Å². The lowest BCUT2D eigenvalue weighted by Crippen LogP contribution is -2.44. The van der Waals surface area contributed by atoms with Gasteiger partial charge in [-0.2, -0.15) is 0 Å². The van der Waals surface area contributed by atoms with Crippen molar-refractivity contribution in [3.8, 4) is 0 Å². The van der Waals surface area contributed by atoms with E-state index in [9.17, 15) is 24.3 Å². The van der Waals surface area contributed by atoms with Crippen molar-refractivity contribution in [3.63, 3.8) is 0 Å². The van der Waals surface area contributed by atoms with E-state index in [1.165, 1.54) is 0 Å². The second-order valence-electron chi connectivity index (χ2n) is 3.24. The zero-order valence-electron chi connectivity index (χ0n) is 9.26. The van der Waals surface area contributed by atoms with Gasteiger partial charge in [-0.3, -0.25) is 14.4 Å². The first-order chi connectivity index (χ1) is 7.71. The summed E-state index contributed by atoms with van der Waals surface area (Å²) in [7, 11) is 0.922. The van der Waals surface area contributed by atoms with Crippen LogP contribution in [0.4, 0.5) is 0 Å². The van der Waals surface area contributed by atoms with Crippen molar-refractivity contribution in [1.82, 2.24) is 0 Å². The molecule has 1 unspecified atom stereocenters. The van der Waals surface area contributed by atoms with Crippen molar-refractivity contribution >= 4 is 23.9 Å². The van der Waals surface area contributed by atoms with E-state index in [4.69, 9.17) is 5.11 Å². The number of ether oxygens (including phenoxy) is 2. The maximum absolute atomic E-state index is 11.2. The van der Waals surface area contributed by atoms with Gasteiger partial charge in [0.2, 0.25) is 0 Å². The third-order valence-corrected chi connectivity index (χ3v) is 1.70. The Balaban J connectivity index is 4.81. The fourth-order valence-corrected chi connectivity index (χ4v) is 1.08. The lowest BCUT2D eigenvalue weighted by molar-refractivity contribution is -0.176. The van der Waals surface area contributed by atoms with Gasteiger partial charge in [-0.25, -0.2) is 4.79 Å². The molecule has 17 heavy (non-hydrogen) atoms. The summed E-state index contributed by atoms with van der Waals surface area (Å²) in [5, 5.41) is 18.2. The van der Waals surface area contributed by atoms with Crippen molar-refractivity contribution in [2.24, 2.45) is 0 Å². The molecule has 0 heterocycles. The number of methoxy groups -OCH3 is 1. The number of hydrogen-bond donors (Lipinski definition) is 2. The molecule has 0 aromatic carbocycles. The van der Waals surface area contributed by atoms with Crippen molar-refractivity contribution in [2.75, 3.05) is 7.11 Å². The number of aliphatic hydroxyl groups is 1. The molecule has 0 radical (unpaired) electrons. The van der Waals surface area contributed by atoms with Crippen molar-refractivity contribution in [2.45, 2.75) is 25.4 Å². The first kappa shape index (κ1) is 15.0. The standard InChI is InChI=1S/C9H12O8/c1-5(10)17-7(13)4-9(15,3-6(11)12)8(14)16-2/h15H,3-4H2,1-2H3,(H,11,12). The molecule has 0 spiro atoms. The van der Waals surface area contributed by atoms with Crippen LogP contribution in [0.25, 0.3) is 0 Å². The summed E-state index contributed by atoms with van der Waals surface area (Å²) in [4.78, 5) is 43.1. The molecule has 0 bridgehead atoms. The van der Waals surface area contributed by atoms with Gasteiger partial charge in [0.15, 0.2) is 5.60 Å². The highest BCUT2D eigenvalue weighted by atomic mass is 16.6. The Labute approximate surface area is 96.1 Å². The summed E-state index contributed by atoms with van der Waals surface area (Å²) in [5.74, 6) is -4.95. The summed E-state index contributed by atoms with van der Waals surface area (Å²) in [6.07, 6.45) is -2.02. The van der Waals surface area contributed by atoms with Gasteiger partial charge in [-0.15, -0.1) is 0 Å². The van der Waals surface area contributed by atoms with E-state index in [1.807, 2.05) is 0 Å². The molecule has 96 valence electrons. The largest absolute Gasteiger partial charge is 0.481 e. The van der Waals surface area contributed by atoms with Gasteiger partial charge in [-0.05, 0) is 0 Å². The molecule has 0 aliphatic rings. The lowest BCUT2D eigenvalue weighted by Gasteiger charge is -2.21. The molecule has 8 heteroatoms. The van der Waals surface area contributed by atoms with E-state index in [0.717, 1.165) is 14.0 Å². The van der Waals surface area contributed by atoms with Crippen LogP contribution in [0.5, 0.6) is 0 Å². The van der Waals surface area contributed by atoms with E-state index in [2.05, 4.69) is 9.47 Å². The molecule has 0 aliphatic carbocycles. The Morgan fingerprint density at radius 1 is 1.18 bits per heavy atom. The minimum absolute atomic E-state index is 0.922. The van der Waals surface area contributed by atoms with Crippen molar-refractivity contribution in [3.05, 3.63) is 0 Å². The van der Waals surface area contributed by atoms with Gasteiger partial charge in [0.1, 0.15) is 0 Å². The molecular weight excluding hydrogens is 236 g/mol. The van der Waals surface area contributed by atoms with Crippen LogP contribution in [-0.2, 0) is 28.7 Å². The number of carboxylic acids is 1. The Hall–Kier alpha value is -1.96. The van der Waals surface area contributed by atoms with E-state index >= 15 is 0 Å². The third-order valence-electron chi connectivity index (χ3n) is 1.70. The van der Waals surface area contributed by atoms with E-state index in [1.54, 1.807) is 0 Å². The first-order valence-electron chi connectivity index (χ1n) is 4.45. The van der Waals surface area contributed by atoms with Crippen LogP contribution in [0, 0.1) is 0 Å². The molecule has 0 saturated carbocycles. The van der Waals surface area contributed by atoms with Gasteiger partial charge < -0.3 is 19.7 Å². The average molecular weight is 248 g/mol. The summed E-state index contributed by atoms with van der Waals surface area (Å²) < 4.78 is 8.26. The van der Waals surface area contributed by atoms with Gasteiger partial charge in [-0.1, -0.05) is 0 Å². The zero-order valence-corrected chi connectivity index (χ0v) is 9.26. The van der Waals surface area contributed by atoms with Crippen LogP contribution in [0.3, 0.4) is 0 Å². The van der Waals surface area contributed by atoms with Crippen molar-refractivity contribution < 1.29 is 38.9 Å². The molecule has 0 rings (SSSR count). The number of aliphatic carboxylic acids is 1. The molecule has 1 atom stereocenters. The van der Waals surface area contributed by atoms with Crippen LogP contribution in [0.1, 0.15) is 19.8 Å². The van der Waals surface area contributed by atoms with Gasteiger partial charge in [0.05, 0.1) is 20.0 Å². The summed E-state index contributed by atoms with van der Waals surface area (Å²) >= 11 is 0. The summed E-state index contributed by atoms with van der Waals surface area (Å²) in [6, 6.07) is 0. The van der Waals surface area contributed by atoms with Crippen LogP contribution >= 0.6 is 0 Å². The second-order valence-corrected chi connectivity index (χ2v) is 3.24.